The van der Waals surface area contributed by atoms with E-state index < -0.39 is 10.7 Å². The fourth-order valence-corrected chi connectivity index (χ4v) is 3.40. The molecule has 0 spiro atoms. The minimum Gasteiger partial charge on any atom is -0.349 e. The Balaban J connectivity index is 1.48. The van der Waals surface area contributed by atoms with E-state index >= 15 is 0 Å². The number of aryl methyl sites for hydroxylation is 1. The number of benzene rings is 2. The molecule has 1 saturated heterocycles. The average molecular weight is 414 g/mol. The molecule has 1 aliphatic heterocycles. The van der Waals surface area contributed by atoms with Gasteiger partial charge in [0.25, 0.3) is 11.6 Å². The normalized spacial score (nSPS) is 14.9. The average Bonchev–Trinajstić information content (AvgIpc) is 2.71. The highest BCUT2D eigenvalue weighted by Gasteiger charge is 2.23. The van der Waals surface area contributed by atoms with Gasteiger partial charge in [0.2, 0.25) is 5.91 Å². The van der Waals surface area contributed by atoms with Crippen LogP contribution in [0.15, 0.2) is 42.5 Å². The fraction of sp³-hybridized carbons (Fsp3) is 0.333. The number of nitrogens with one attached hydrogen (secondary N) is 2. The van der Waals surface area contributed by atoms with Crippen molar-refractivity contribution in [3.05, 3.63) is 69.5 Å². The standard InChI is InChI=1S/C21H23FN4O4/c1-14-2-7-18(19(12-14)26(29)30)24-20(27)13-25-10-8-17(9-11-25)23-21(28)15-3-5-16(22)6-4-15/h2-7,12,17H,8-11,13H2,1H3,(H,23,28)(H,24,27). The molecule has 0 unspecified atom stereocenters. The van der Waals surface area contributed by atoms with Gasteiger partial charge >= 0.3 is 0 Å². The van der Waals surface area contributed by atoms with Gasteiger partial charge in [0.05, 0.1) is 11.5 Å². The highest BCUT2D eigenvalue weighted by Crippen LogP contribution is 2.25. The summed E-state index contributed by atoms with van der Waals surface area (Å²) in [6.07, 6.45) is 1.34. The molecule has 158 valence electrons. The first-order valence-electron chi connectivity index (χ1n) is 9.65. The molecule has 0 bridgehead atoms. The smallest absolute Gasteiger partial charge is 0.293 e. The zero-order valence-corrected chi connectivity index (χ0v) is 16.6. The Bertz CT molecular complexity index is 941. The zero-order valence-electron chi connectivity index (χ0n) is 16.6. The number of piperidine rings is 1. The van der Waals surface area contributed by atoms with Gasteiger partial charge in [0.1, 0.15) is 11.5 Å². The molecule has 2 amide bonds. The van der Waals surface area contributed by atoms with Gasteiger partial charge in [0, 0.05) is 30.8 Å². The van der Waals surface area contributed by atoms with Crippen LogP contribution in [0.2, 0.25) is 0 Å². The van der Waals surface area contributed by atoms with Crippen LogP contribution in [0.1, 0.15) is 28.8 Å². The lowest BCUT2D eigenvalue weighted by Gasteiger charge is -2.31. The number of hydrogen-bond acceptors (Lipinski definition) is 5. The van der Waals surface area contributed by atoms with Crippen LogP contribution < -0.4 is 10.6 Å². The third-order valence-corrected chi connectivity index (χ3v) is 5.02. The number of nitro groups is 1. The Morgan fingerprint density at radius 1 is 1.17 bits per heavy atom. The Hall–Kier alpha value is -3.33. The van der Waals surface area contributed by atoms with Crippen molar-refractivity contribution in [2.75, 3.05) is 25.0 Å². The number of likely N-dealkylation sites (tertiary alicyclic amines) is 1. The summed E-state index contributed by atoms with van der Waals surface area (Å²) in [7, 11) is 0. The highest BCUT2D eigenvalue weighted by molar-refractivity contribution is 5.95. The lowest BCUT2D eigenvalue weighted by molar-refractivity contribution is -0.384. The molecule has 2 N–H and O–H groups in total. The lowest BCUT2D eigenvalue weighted by atomic mass is 10.0. The van der Waals surface area contributed by atoms with E-state index in [0.29, 0.717) is 31.5 Å². The summed E-state index contributed by atoms with van der Waals surface area (Å²) in [5.74, 6) is -0.970. The first-order chi connectivity index (χ1) is 14.3. The Morgan fingerprint density at radius 2 is 1.83 bits per heavy atom. The van der Waals surface area contributed by atoms with E-state index in [1.807, 2.05) is 4.90 Å². The number of carbonyl (C=O) groups is 2. The number of anilines is 1. The van der Waals surface area contributed by atoms with Crippen LogP contribution >= 0.6 is 0 Å². The Labute approximate surface area is 173 Å². The van der Waals surface area contributed by atoms with Gasteiger partial charge in [-0.15, -0.1) is 0 Å². The molecule has 30 heavy (non-hydrogen) atoms. The molecule has 1 aliphatic rings. The maximum atomic E-state index is 13.0. The summed E-state index contributed by atoms with van der Waals surface area (Å²) in [6, 6.07) is 10.00. The van der Waals surface area contributed by atoms with E-state index in [2.05, 4.69) is 10.6 Å². The minimum atomic E-state index is -0.516. The quantitative estimate of drug-likeness (QED) is 0.559. The molecular weight excluding hydrogens is 391 g/mol. The molecule has 0 atom stereocenters. The second kappa shape index (κ2) is 9.45. The van der Waals surface area contributed by atoms with Crippen LogP contribution in [0.4, 0.5) is 15.8 Å². The molecule has 0 aliphatic carbocycles. The highest BCUT2D eigenvalue weighted by atomic mass is 19.1. The maximum Gasteiger partial charge on any atom is 0.293 e. The van der Waals surface area contributed by atoms with Crippen molar-refractivity contribution in [2.45, 2.75) is 25.8 Å². The predicted octanol–water partition coefficient (Wildman–Crippen LogP) is 2.88. The van der Waals surface area contributed by atoms with E-state index in [-0.39, 0.29) is 35.8 Å². The number of rotatable bonds is 6. The third-order valence-electron chi connectivity index (χ3n) is 5.02. The van der Waals surface area contributed by atoms with Gasteiger partial charge in [-0.2, -0.15) is 0 Å². The summed E-state index contributed by atoms with van der Waals surface area (Å²) in [4.78, 5) is 37.2. The second-order valence-electron chi connectivity index (χ2n) is 7.36. The lowest BCUT2D eigenvalue weighted by Crippen LogP contribution is -2.46. The van der Waals surface area contributed by atoms with Crippen LogP contribution in [-0.4, -0.2) is 47.3 Å². The number of hydrogen-bond donors (Lipinski definition) is 2. The van der Waals surface area contributed by atoms with Crippen molar-refractivity contribution < 1.29 is 18.9 Å². The molecule has 3 rings (SSSR count). The summed E-state index contributed by atoms with van der Waals surface area (Å²) >= 11 is 0. The number of halogens is 1. The van der Waals surface area contributed by atoms with Crippen LogP contribution in [0.5, 0.6) is 0 Å². The topological polar surface area (TPSA) is 105 Å². The molecule has 0 aromatic heterocycles. The van der Waals surface area contributed by atoms with Gasteiger partial charge < -0.3 is 10.6 Å². The van der Waals surface area contributed by atoms with Crippen molar-refractivity contribution in [1.82, 2.24) is 10.2 Å². The molecule has 8 nitrogen and oxygen atoms in total. The Kier molecular flexibility index (Phi) is 6.73. The van der Waals surface area contributed by atoms with Crippen molar-refractivity contribution in [1.29, 1.82) is 0 Å². The first-order valence-corrected chi connectivity index (χ1v) is 9.65. The largest absolute Gasteiger partial charge is 0.349 e. The van der Waals surface area contributed by atoms with Crippen LogP contribution in [0.25, 0.3) is 0 Å². The van der Waals surface area contributed by atoms with Gasteiger partial charge in [-0.05, 0) is 55.7 Å². The number of nitro benzene ring substituents is 1. The number of amides is 2. The van der Waals surface area contributed by atoms with Gasteiger partial charge in [-0.25, -0.2) is 4.39 Å². The van der Waals surface area contributed by atoms with Crippen molar-refractivity contribution >= 4 is 23.2 Å². The second-order valence-corrected chi connectivity index (χ2v) is 7.36. The predicted molar refractivity (Wildman–Crippen MR) is 110 cm³/mol. The van der Waals surface area contributed by atoms with E-state index in [1.54, 1.807) is 13.0 Å². The summed E-state index contributed by atoms with van der Waals surface area (Å²) < 4.78 is 13.0. The molecule has 1 heterocycles. The van der Waals surface area contributed by atoms with E-state index in [4.69, 9.17) is 0 Å². The Morgan fingerprint density at radius 3 is 2.47 bits per heavy atom. The zero-order chi connectivity index (χ0) is 21.7. The van der Waals surface area contributed by atoms with Crippen LogP contribution in [0, 0.1) is 22.9 Å². The molecule has 0 radical (unpaired) electrons. The van der Waals surface area contributed by atoms with Gasteiger partial charge in [-0.3, -0.25) is 24.6 Å². The molecule has 0 saturated carbocycles. The monoisotopic (exact) mass is 414 g/mol. The SMILES string of the molecule is Cc1ccc(NC(=O)CN2CCC(NC(=O)c3ccc(F)cc3)CC2)c([N+](=O)[O-])c1. The van der Waals surface area contributed by atoms with Crippen LogP contribution in [0.3, 0.4) is 0 Å². The molecule has 2 aromatic carbocycles. The maximum absolute atomic E-state index is 13.0. The molecule has 2 aromatic rings. The number of nitrogens with zero attached hydrogens (tertiary/aromatic N) is 2. The third kappa shape index (κ3) is 5.60. The van der Waals surface area contributed by atoms with Gasteiger partial charge in [-0.1, -0.05) is 6.07 Å². The first kappa shape index (κ1) is 21.4. The number of carbonyl (C=O) groups excluding carboxylic acids is 2. The van der Waals surface area contributed by atoms with Crippen molar-refractivity contribution in [2.24, 2.45) is 0 Å². The summed E-state index contributed by atoms with van der Waals surface area (Å²) in [5, 5.41) is 16.7. The van der Waals surface area contributed by atoms with Crippen molar-refractivity contribution in [3.63, 3.8) is 0 Å². The van der Waals surface area contributed by atoms with Crippen molar-refractivity contribution in [3.8, 4) is 0 Å². The molecular formula is C21H23FN4O4. The van der Waals surface area contributed by atoms with E-state index in [0.717, 1.165) is 5.56 Å². The van der Waals surface area contributed by atoms with E-state index in [9.17, 15) is 24.1 Å². The fourth-order valence-electron chi connectivity index (χ4n) is 3.40. The van der Waals surface area contributed by atoms with Crippen LogP contribution in [-0.2, 0) is 4.79 Å². The summed E-state index contributed by atoms with van der Waals surface area (Å²) in [6.45, 7) is 3.08. The molecule has 1 fully saturated rings. The minimum absolute atomic E-state index is 0.0277. The van der Waals surface area contributed by atoms with Gasteiger partial charge in [0.15, 0.2) is 0 Å². The van der Waals surface area contributed by atoms with E-state index in [1.165, 1.54) is 36.4 Å². The molecule has 9 heteroatoms. The summed E-state index contributed by atoms with van der Waals surface area (Å²) in [5.41, 5.74) is 1.19.